The van der Waals surface area contributed by atoms with Gasteiger partial charge in [0.25, 0.3) is 5.91 Å². The molecule has 0 saturated carbocycles. The number of hydrogen-bond donors (Lipinski definition) is 0. The summed E-state index contributed by atoms with van der Waals surface area (Å²) in [5.74, 6) is -0.220. The summed E-state index contributed by atoms with van der Waals surface area (Å²) >= 11 is 3.32. The number of rotatable bonds is 9. The lowest BCUT2D eigenvalue weighted by Crippen LogP contribution is -2.38. The number of alkyl halides is 3. The Hall–Kier alpha value is -3.38. The lowest BCUT2D eigenvalue weighted by atomic mass is 10.1. The normalized spacial score (nSPS) is 12.5. The van der Waals surface area contributed by atoms with Gasteiger partial charge in [0.05, 0.1) is 26.1 Å². The van der Waals surface area contributed by atoms with E-state index in [1.165, 1.54) is 33.5 Å². The van der Waals surface area contributed by atoms with Crippen molar-refractivity contribution in [3.8, 4) is 17.2 Å². The van der Waals surface area contributed by atoms with Crippen molar-refractivity contribution in [2.24, 2.45) is 5.10 Å². The lowest BCUT2D eigenvalue weighted by molar-refractivity contribution is -0.167. The van der Waals surface area contributed by atoms with E-state index in [1.807, 2.05) is 0 Å². The molecule has 1 unspecified atom stereocenters. The Morgan fingerprint density at radius 2 is 1.80 bits per heavy atom. The summed E-state index contributed by atoms with van der Waals surface area (Å²) in [7, 11) is 4.10. The third kappa shape index (κ3) is 6.61. The Bertz CT molecular complexity index is 1140. The molecule has 1 heterocycles. The second-order valence-electron chi connectivity index (χ2n) is 7.15. The van der Waals surface area contributed by atoms with Gasteiger partial charge in [0.15, 0.2) is 6.10 Å². The zero-order valence-electron chi connectivity index (χ0n) is 19.0. The first-order valence-corrected chi connectivity index (χ1v) is 10.9. The highest BCUT2D eigenvalue weighted by atomic mass is 79.9. The molecular weight excluding hydrogens is 533 g/mol. The largest absolute Gasteiger partial charge is 0.495 e. The maximum Gasteiger partial charge on any atom is 0.408 e. The molecule has 8 nitrogen and oxygen atoms in total. The Morgan fingerprint density at radius 3 is 2.29 bits per heavy atom. The fourth-order valence-electron chi connectivity index (χ4n) is 3.18. The predicted molar refractivity (Wildman–Crippen MR) is 126 cm³/mol. The van der Waals surface area contributed by atoms with Crippen LogP contribution in [0.5, 0.6) is 11.5 Å². The molecule has 186 valence electrons. The summed E-state index contributed by atoms with van der Waals surface area (Å²) < 4.78 is 57.8. The summed E-state index contributed by atoms with van der Waals surface area (Å²) in [4.78, 5) is 13.1. The minimum absolute atomic E-state index is 0.330. The molecule has 0 bridgehead atoms. The molecule has 1 aromatic heterocycles. The summed E-state index contributed by atoms with van der Waals surface area (Å²) in [6, 6.07) is 11.4. The van der Waals surface area contributed by atoms with Gasteiger partial charge in [-0.15, -0.1) is 0 Å². The van der Waals surface area contributed by atoms with Gasteiger partial charge in [-0.25, -0.2) is 9.69 Å². The molecule has 0 aliphatic rings. The Balaban J connectivity index is 1.90. The molecule has 35 heavy (non-hydrogen) atoms. The smallest absolute Gasteiger partial charge is 0.408 e. The number of nitrogens with zero attached hydrogens (tertiary/aromatic N) is 4. The molecule has 2 aromatic carbocycles. The van der Waals surface area contributed by atoms with Crippen LogP contribution in [0, 0.1) is 0 Å². The minimum atomic E-state index is -4.69. The van der Waals surface area contributed by atoms with Crippen LogP contribution in [0.4, 0.5) is 13.2 Å². The van der Waals surface area contributed by atoms with Gasteiger partial charge in [-0.2, -0.15) is 23.4 Å². The standard InChI is InChI=1S/C23H22BrF3N4O4/c1-33-18-11-15(12-19(34-2)20(18)24)13-29-31(14-23(25,26)27)22(32)21(35-3)16-5-7-17(8-6-16)30-10-4-9-28-30/h4-13,21H,14H2,1-3H3/b29-13+. The fraction of sp³-hybridized carbons (Fsp3) is 0.261. The number of carbonyl (C=O) groups is 1. The topological polar surface area (TPSA) is 78.2 Å². The van der Waals surface area contributed by atoms with Crippen LogP contribution in [0.25, 0.3) is 5.69 Å². The lowest BCUT2D eigenvalue weighted by Gasteiger charge is -2.24. The van der Waals surface area contributed by atoms with Gasteiger partial charge in [0.2, 0.25) is 0 Å². The summed E-state index contributed by atoms with van der Waals surface area (Å²) in [5, 5.41) is 8.27. The van der Waals surface area contributed by atoms with Crippen LogP contribution >= 0.6 is 15.9 Å². The maximum atomic E-state index is 13.3. The summed E-state index contributed by atoms with van der Waals surface area (Å²) in [5.41, 5.74) is 1.44. The van der Waals surface area contributed by atoms with Crippen LogP contribution < -0.4 is 9.47 Å². The van der Waals surface area contributed by atoms with E-state index in [4.69, 9.17) is 14.2 Å². The van der Waals surface area contributed by atoms with Crippen molar-refractivity contribution in [3.63, 3.8) is 0 Å². The molecule has 3 aromatic rings. The van der Waals surface area contributed by atoms with Gasteiger partial charge in [0.1, 0.15) is 22.5 Å². The van der Waals surface area contributed by atoms with Crippen molar-refractivity contribution < 1.29 is 32.2 Å². The monoisotopic (exact) mass is 554 g/mol. The maximum absolute atomic E-state index is 13.3. The van der Waals surface area contributed by atoms with Crippen LogP contribution in [0.3, 0.4) is 0 Å². The van der Waals surface area contributed by atoms with E-state index >= 15 is 0 Å². The zero-order valence-corrected chi connectivity index (χ0v) is 20.6. The van der Waals surface area contributed by atoms with Crippen LogP contribution in [0.1, 0.15) is 17.2 Å². The van der Waals surface area contributed by atoms with Crippen molar-refractivity contribution in [3.05, 3.63) is 70.5 Å². The number of ether oxygens (including phenoxy) is 3. The first-order valence-electron chi connectivity index (χ1n) is 10.1. The average Bonchev–Trinajstić information content (AvgIpc) is 3.37. The molecule has 1 amide bonds. The second-order valence-corrected chi connectivity index (χ2v) is 7.95. The van der Waals surface area contributed by atoms with Crippen molar-refractivity contribution in [2.75, 3.05) is 27.9 Å². The number of aromatic nitrogens is 2. The molecule has 0 aliphatic carbocycles. The van der Waals surface area contributed by atoms with Gasteiger partial charge in [-0.1, -0.05) is 12.1 Å². The summed E-state index contributed by atoms with van der Waals surface area (Å²) in [6.45, 7) is -1.60. The fourth-order valence-corrected chi connectivity index (χ4v) is 3.74. The highest BCUT2D eigenvalue weighted by Crippen LogP contribution is 2.35. The number of amides is 1. The number of methoxy groups -OCH3 is 3. The Labute approximate surface area is 208 Å². The van der Waals surface area contributed by atoms with E-state index in [0.29, 0.717) is 37.8 Å². The molecule has 0 N–H and O–H groups in total. The first kappa shape index (κ1) is 26.2. The van der Waals surface area contributed by atoms with Gasteiger partial charge in [-0.3, -0.25) is 4.79 Å². The molecule has 12 heteroatoms. The van der Waals surface area contributed by atoms with E-state index in [0.717, 1.165) is 6.21 Å². The molecule has 1 atom stereocenters. The number of benzene rings is 2. The molecule has 0 spiro atoms. The Kier molecular flexibility index (Phi) is 8.52. The molecule has 0 saturated heterocycles. The van der Waals surface area contributed by atoms with Gasteiger partial charge in [-0.05, 0) is 51.8 Å². The van der Waals surface area contributed by atoms with Crippen molar-refractivity contribution in [2.45, 2.75) is 12.3 Å². The molecule has 0 fully saturated rings. The zero-order chi connectivity index (χ0) is 25.6. The van der Waals surface area contributed by atoms with Crippen LogP contribution in [0.15, 0.2) is 64.4 Å². The van der Waals surface area contributed by atoms with E-state index in [9.17, 15) is 18.0 Å². The SMILES string of the molecule is COc1cc(/C=N/N(CC(F)(F)F)C(=O)C(OC)c2ccc(-n3cccn3)cc2)cc(OC)c1Br. The number of halogens is 4. The number of hydrogen-bond acceptors (Lipinski definition) is 6. The van der Waals surface area contributed by atoms with Gasteiger partial charge < -0.3 is 14.2 Å². The highest BCUT2D eigenvalue weighted by molar-refractivity contribution is 9.10. The van der Waals surface area contributed by atoms with Crippen molar-refractivity contribution in [1.82, 2.24) is 14.8 Å². The van der Waals surface area contributed by atoms with E-state index < -0.39 is 24.7 Å². The molecule has 0 radical (unpaired) electrons. The number of hydrazone groups is 1. The first-order chi connectivity index (χ1) is 16.7. The highest BCUT2D eigenvalue weighted by Gasteiger charge is 2.36. The van der Waals surface area contributed by atoms with Crippen LogP contribution in [-0.4, -0.2) is 61.0 Å². The van der Waals surface area contributed by atoms with Crippen LogP contribution in [0.2, 0.25) is 0 Å². The van der Waals surface area contributed by atoms with E-state index in [1.54, 1.807) is 47.4 Å². The van der Waals surface area contributed by atoms with Crippen LogP contribution in [-0.2, 0) is 9.53 Å². The van der Waals surface area contributed by atoms with Crippen molar-refractivity contribution in [1.29, 1.82) is 0 Å². The molecule has 3 rings (SSSR count). The van der Waals surface area contributed by atoms with E-state index in [2.05, 4.69) is 26.1 Å². The van der Waals surface area contributed by atoms with E-state index in [-0.39, 0.29) is 0 Å². The number of carbonyl (C=O) groups excluding carboxylic acids is 1. The predicted octanol–water partition coefficient (Wildman–Crippen LogP) is 4.76. The Morgan fingerprint density at radius 1 is 1.17 bits per heavy atom. The molecule has 0 aliphatic heterocycles. The van der Waals surface area contributed by atoms with Crippen molar-refractivity contribution >= 4 is 28.1 Å². The third-order valence-electron chi connectivity index (χ3n) is 4.82. The average molecular weight is 555 g/mol. The summed E-state index contributed by atoms with van der Waals surface area (Å²) in [6.07, 6.45) is -1.53. The molecular formula is C23H22BrF3N4O4. The van der Waals surface area contributed by atoms with Gasteiger partial charge in [0, 0.05) is 25.1 Å². The second kappa shape index (κ2) is 11.4. The minimum Gasteiger partial charge on any atom is -0.495 e. The quantitative estimate of drug-likeness (QED) is 0.281. The van der Waals surface area contributed by atoms with Gasteiger partial charge >= 0.3 is 6.18 Å². The third-order valence-corrected chi connectivity index (χ3v) is 5.60.